The van der Waals surface area contributed by atoms with Gasteiger partial charge < -0.3 is 19.7 Å². The number of benzene rings is 5. The number of carbonyl (C=O) groups is 1. The number of carboxylic acids is 1. The van der Waals surface area contributed by atoms with Crippen LogP contribution in [0.4, 0.5) is 11.4 Å². The highest BCUT2D eigenvalue weighted by Gasteiger charge is 2.50. The Morgan fingerprint density at radius 3 is 1.51 bits per heavy atom. The fraction of sp³-hybridized carbons (Fsp3) is 0.333. The third kappa shape index (κ3) is 5.88. The number of hydrogen-bond acceptors (Lipinski definition) is 4. The average Bonchev–Trinajstić information content (AvgIpc) is 3.12. The molecule has 0 aromatic heterocycles. The molecule has 0 fully saturated rings. The third-order valence-corrected chi connectivity index (χ3v) is 16.2. The summed E-state index contributed by atoms with van der Waals surface area (Å²) in [5.74, 6) is 0.588. The standard InChI is InChI=1S/C48H52N2O2Si/c1-31-27-47(3,4)49(29-33-17-11-9-12-18-33)41-25-43-39(23-37(31)41)45(35-21-15-16-22-36(35)46(51)52)40-24-38-32(2)28-48(5,6)50(30-34-19-13-10-14-20-34)42(38)26-44(40)53(43,7)8/h9-26,31-32H,27-30H2,1-8H3. The predicted molar refractivity (Wildman–Crippen MR) is 220 cm³/mol. The summed E-state index contributed by atoms with van der Waals surface area (Å²) in [4.78, 5) is 18.1. The van der Waals surface area contributed by atoms with Gasteiger partial charge in [0.05, 0.1) is 40.0 Å². The van der Waals surface area contributed by atoms with Crippen molar-refractivity contribution in [1.29, 1.82) is 0 Å². The lowest BCUT2D eigenvalue weighted by molar-refractivity contribution is -0.255. The largest absolute Gasteiger partial charge is 0.538 e. The lowest BCUT2D eigenvalue weighted by atomic mass is 9.74. The van der Waals surface area contributed by atoms with Crippen LogP contribution in [0.25, 0.3) is 0 Å². The maximum atomic E-state index is 12.8. The van der Waals surface area contributed by atoms with Crippen LogP contribution in [-0.4, -0.2) is 25.1 Å². The minimum atomic E-state index is -2.39. The second-order valence-electron chi connectivity index (χ2n) is 17.7. The first-order chi connectivity index (χ1) is 25.2. The summed E-state index contributed by atoms with van der Waals surface area (Å²) >= 11 is 0. The zero-order chi connectivity index (χ0) is 37.4. The molecule has 5 aromatic rings. The summed E-state index contributed by atoms with van der Waals surface area (Å²) in [6.07, 6.45) is 2.07. The number of carboxylic acid groups (broad SMARTS) is 1. The Kier molecular flexibility index (Phi) is 8.45. The van der Waals surface area contributed by atoms with Crippen molar-refractivity contribution in [2.75, 3.05) is 9.80 Å². The summed E-state index contributed by atoms with van der Waals surface area (Å²) < 4.78 is 0. The molecule has 270 valence electrons. The van der Waals surface area contributed by atoms with Crippen molar-refractivity contribution in [3.8, 4) is 0 Å². The second kappa shape index (κ2) is 12.7. The zero-order valence-corrected chi connectivity index (χ0v) is 33.6. The van der Waals surface area contributed by atoms with Crippen molar-refractivity contribution in [2.24, 2.45) is 0 Å². The van der Waals surface area contributed by atoms with E-state index in [1.54, 1.807) is 6.07 Å². The van der Waals surface area contributed by atoms with E-state index < -0.39 is 14.0 Å². The molecular weight excluding hydrogens is 665 g/mol. The van der Waals surface area contributed by atoms with Gasteiger partial charge in [-0.05, 0) is 116 Å². The van der Waals surface area contributed by atoms with Gasteiger partial charge in [0.15, 0.2) is 8.07 Å². The number of nitrogens with zero attached hydrogens (tertiary/aromatic N) is 2. The number of aromatic carboxylic acids is 1. The highest BCUT2D eigenvalue weighted by molar-refractivity contribution is 7.01. The van der Waals surface area contributed by atoms with Gasteiger partial charge >= 0.3 is 0 Å². The Morgan fingerprint density at radius 1 is 0.660 bits per heavy atom. The second-order valence-corrected chi connectivity index (χ2v) is 22.1. The third-order valence-electron chi connectivity index (χ3n) is 12.7. The summed E-state index contributed by atoms with van der Waals surface area (Å²) in [5, 5.41) is 15.6. The lowest BCUT2D eigenvalue weighted by Crippen LogP contribution is -2.61. The van der Waals surface area contributed by atoms with Gasteiger partial charge in [-0.3, -0.25) is 0 Å². The van der Waals surface area contributed by atoms with Crippen LogP contribution in [0.2, 0.25) is 13.1 Å². The molecule has 3 aliphatic rings. The number of anilines is 2. The quantitative estimate of drug-likeness (QED) is 0.130. The van der Waals surface area contributed by atoms with Gasteiger partial charge in [-0.2, -0.15) is 0 Å². The zero-order valence-electron chi connectivity index (χ0n) is 32.6. The maximum absolute atomic E-state index is 12.8. The minimum Gasteiger partial charge on any atom is -0.538 e. The van der Waals surface area contributed by atoms with Crippen LogP contribution in [-0.2, 0) is 13.1 Å². The molecule has 53 heavy (non-hydrogen) atoms. The van der Waals surface area contributed by atoms with Crippen molar-refractivity contribution >= 4 is 35.8 Å². The molecule has 5 heteroatoms. The topological polar surface area (TPSA) is 46.6 Å². The lowest BCUT2D eigenvalue weighted by Gasteiger charge is -2.49. The van der Waals surface area contributed by atoms with Crippen LogP contribution >= 0.6 is 0 Å². The molecule has 3 aliphatic heterocycles. The molecule has 0 spiro atoms. The predicted octanol–water partition coefficient (Wildman–Crippen LogP) is 8.79. The summed E-state index contributed by atoms with van der Waals surface area (Å²) in [6.45, 7) is 20.9. The van der Waals surface area contributed by atoms with E-state index in [2.05, 4.69) is 149 Å². The fourth-order valence-electron chi connectivity index (χ4n) is 10.1. The van der Waals surface area contributed by atoms with Crippen LogP contribution in [0.15, 0.2) is 109 Å². The maximum Gasteiger partial charge on any atom is 0.170 e. The smallest absolute Gasteiger partial charge is 0.170 e. The Hall–Kier alpha value is -4.74. The Bertz CT molecular complexity index is 2080. The molecule has 0 saturated heterocycles. The molecule has 0 bridgehead atoms. The van der Waals surface area contributed by atoms with Gasteiger partial charge in [0.1, 0.15) is 0 Å². The molecule has 4 nitrogen and oxygen atoms in total. The van der Waals surface area contributed by atoms with E-state index in [0.29, 0.717) is 11.8 Å². The van der Waals surface area contributed by atoms with E-state index in [1.807, 2.05) is 18.2 Å². The van der Waals surface area contributed by atoms with Crippen LogP contribution in [0.3, 0.4) is 0 Å². The normalized spacial score (nSPS) is 20.6. The summed E-state index contributed by atoms with van der Waals surface area (Å²) in [6, 6.07) is 39.1. The summed E-state index contributed by atoms with van der Waals surface area (Å²) in [5.41, 5.74) is 11.2. The molecule has 2 unspecified atom stereocenters. The van der Waals surface area contributed by atoms with Crippen molar-refractivity contribution in [2.45, 2.75) is 103 Å². The van der Waals surface area contributed by atoms with Crippen LogP contribution in [0, 0.1) is 5.92 Å². The highest BCUT2D eigenvalue weighted by atomic mass is 28.3. The monoisotopic (exact) mass is 716 g/mol. The van der Waals surface area contributed by atoms with Gasteiger partial charge in [0.25, 0.3) is 0 Å². The molecule has 3 heterocycles. The van der Waals surface area contributed by atoms with E-state index in [-0.39, 0.29) is 16.6 Å². The first-order valence-corrected chi connectivity index (χ1v) is 22.4. The Morgan fingerprint density at radius 2 is 1.08 bits per heavy atom. The minimum absolute atomic E-state index is 0.0401. The van der Waals surface area contributed by atoms with Gasteiger partial charge in [-0.25, -0.2) is 0 Å². The molecule has 0 radical (unpaired) electrons. The van der Waals surface area contributed by atoms with Crippen molar-refractivity contribution in [1.82, 2.24) is 0 Å². The summed E-state index contributed by atoms with van der Waals surface area (Å²) in [7, 11) is -2.39. The van der Waals surface area contributed by atoms with Crippen LogP contribution < -0.4 is 25.3 Å². The van der Waals surface area contributed by atoms with Crippen molar-refractivity contribution in [3.05, 3.63) is 160 Å². The molecule has 0 amide bonds. The highest BCUT2D eigenvalue weighted by Crippen LogP contribution is 2.50. The molecule has 2 atom stereocenters. The first kappa shape index (κ1) is 35.3. The van der Waals surface area contributed by atoms with E-state index >= 15 is 0 Å². The van der Waals surface area contributed by atoms with Crippen LogP contribution in [0.5, 0.6) is 0 Å². The van der Waals surface area contributed by atoms with Gasteiger partial charge in [0, 0.05) is 40.9 Å². The molecular formula is C48H52N2O2Si. The van der Waals surface area contributed by atoms with Crippen molar-refractivity contribution in [3.63, 3.8) is 0 Å². The van der Waals surface area contributed by atoms with Crippen LogP contribution in [0.1, 0.15) is 116 Å². The van der Waals surface area contributed by atoms with E-state index in [4.69, 9.17) is 0 Å². The van der Waals surface area contributed by atoms with Gasteiger partial charge in [0.2, 0.25) is 0 Å². The number of rotatable bonds is 6. The van der Waals surface area contributed by atoms with Gasteiger partial charge in [-0.15, -0.1) is 0 Å². The Labute approximate surface area is 317 Å². The molecule has 5 aromatic carbocycles. The number of hydrogen-bond donors (Lipinski definition) is 0. The first-order valence-electron chi connectivity index (χ1n) is 19.4. The average molecular weight is 717 g/mol. The Balaban J connectivity index is 1.39. The van der Waals surface area contributed by atoms with E-state index in [1.165, 1.54) is 55.1 Å². The van der Waals surface area contributed by atoms with E-state index in [9.17, 15) is 9.90 Å². The molecule has 0 saturated carbocycles. The fourth-order valence-corrected chi connectivity index (χ4v) is 13.1. The SMILES string of the molecule is CC1CC(C)(C)N(Cc2ccccc2)c2cc3c(cc21)[C+](c1ccccc1C(=O)[O-])c1cc2c(cc1[Si]3(C)C)N(Cc1ccccc1)C(C)(C)CC2C. The number of fused-ring (bicyclic) bond motifs is 4. The van der Waals surface area contributed by atoms with Crippen molar-refractivity contribution < 1.29 is 9.90 Å². The van der Waals surface area contributed by atoms with Gasteiger partial charge in [-0.1, -0.05) is 93.7 Å². The molecule has 8 rings (SSSR count). The molecule has 0 N–H and O–H groups in total. The molecule has 0 aliphatic carbocycles. The number of carbonyl (C=O) groups excluding carboxylic acids is 1. The van der Waals surface area contributed by atoms with E-state index in [0.717, 1.165) is 37.4 Å².